The smallest absolute Gasteiger partial charge is 0.237 e. The number of ketones is 2. The van der Waals surface area contributed by atoms with E-state index in [9.17, 15) is 14.7 Å². The molecule has 0 aromatic heterocycles. The average molecular weight is 214 g/mol. The predicted molar refractivity (Wildman–Crippen MR) is 60.1 cm³/mol. The Hall–Kier alpha value is -2.16. The Morgan fingerprint density at radius 1 is 1.12 bits per heavy atom. The van der Waals surface area contributed by atoms with E-state index in [-0.39, 0.29) is 16.9 Å². The zero-order chi connectivity index (χ0) is 11.9. The van der Waals surface area contributed by atoms with Crippen molar-refractivity contribution >= 4 is 17.3 Å². The molecule has 0 bridgehead atoms. The fourth-order valence-electron chi connectivity index (χ4n) is 1.76. The van der Waals surface area contributed by atoms with Gasteiger partial charge in [-0.1, -0.05) is 30.8 Å². The molecule has 2 rings (SSSR count). The van der Waals surface area contributed by atoms with Crippen molar-refractivity contribution in [3.8, 4) is 0 Å². The molecule has 0 aliphatic heterocycles. The zero-order valence-corrected chi connectivity index (χ0v) is 8.78. The van der Waals surface area contributed by atoms with E-state index in [1.807, 2.05) is 0 Å². The molecule has 3 nitrogen and oxygen atoms in total. The number of rotatable bonds is 1. The van der Waals surface area contributed by atoms with Crippen LogP contribution in [0.2, 0.25) is 0 Å². The van der Waals surface area contributed by atoms with Crippen LogP contribution in [0.15, 0.2) is 42.0 Å². The number of aliphatic hydroxyl groups is 1. The first-order valence-corrected chi connectivity index (χ1v) is 4.81. The minimum Gasteiger partial charge on any atom is -0.507 e. The van der Waals surface area contributed by atoms with E-state index in [0.29, 0.717) is 11.1 Å². The summed E-state index contributed by atoms with van der Waals surface area (Å²) in [4.78, 5) is 23.5. The van der Waals surface area contributed by atoms with Gasteiger partial charge < -0.3 is 5.11 Å². The van der Waals surface area contributed by atoms with Crippen LogP contribution >= 0.6 is 0 Å². The Labute approximate surface area is 92.7 Å². The van der Waals surface area contributed by atoms with Gasteiger partial charge in [-0.15, -0.1) is 0 Å². The van der Waals surface area contributed by atoms with E-state index in [0.717, 1.165) is 0 Å². The first-order chi connectivity index (χ1) is 7.54. The SMILES string of the molecule is C=C(C)C1=C(O)c2ccccc2C(=O)C1=O. The molecule has 0 atom stereocenters. The van der Waals surface area contributed by atoms with E-state index < -0.39 is 11.6 Å². The van der Waals surface area contributed by atoms with Crippen LogP contribution in [-0.2, 0) is 4.79 Å². The monoisotopic (exact) mass is 214 g/mol. The summed E-state index contributed by atoms with van der Waals surface area (Å²) in [7, 11) is 0. The Kier molecular flexibility index (Phi) is 2.23. The molecular weight excluding hydrogens is 204 g/mol. The largest absolute Gasteiger partial charge is 0.507 e. The summed E-state index contributed by atoms with van der Waals surface area (Å²) < 4.78 is 0. The molecule has 0 spiro atoms. The van der Waals surface area contributed by atoms with Gasteiger partial charge in [0.15, 0.2) is 0 Å². The summed E-state index contributed by atoms with van der Waals surface area (Å²) in [6.07, 6.45) is 0. The van der Waals surface area contributed by atoms with Crippen molar-refractivity contribution in [1.29, 1.82) is 0 Å². The second-order valence-electron chi connectivity index (χ2n) is 3.71. The van der Waals surface area contributed by atoms with Crippen LogP contribution < -0.4 is 0 Å². The Morgan fingerprint density at radius 2 is 1.69 bits per heavy atom. The van der Waals surface area contributed by atoms with Crippen molar-refractivity contribution < 1.29 is 14.7 Å². The first kappa shape index (κ1) is 10.4. The van der Waals surface area contributed by atoms with E-state index in [1.165, 1.54) is 6.07 Å². The fraction of sp³-hybridized carbons (Fsp3) is 0.0769. The van der Waals surface area contributed by atoms with Gasteiger partial charge in [0.05, 0.1) is 5.57 Å². The van der Waals surface area contributed by atoms with Gasteiger partial charge in [0.25, 0.3) is 0 Å². The zero-order valence-electron chi connectivity index (χ0n) is 8.78. The highest BCUT2D eigenvalue weighted by molar-refractivity contribution is 6.53. The van der Waals surface area contributed by atoms with Crippen molar-refractivity contribution in [3.63, 3.8) is 0 Å². The van der Waals surface area contributed by atoms with E-state index >= 15 is 0 Å². The van der Waals surface area contributed by atoms with Gasteiger partial charge in [-0.25, -0.2) is 0 Å². The number of hydrogen-bond acceptors (Lipinski definition) is 3. The summed E-state index contributed by atoms with van der Waals surface area (Å²) in [6.45, 7) is 5.18. The highest BCUT2D eigenvalue weighted by Gasteiger charge is 2.32. The lowest BCUT2D eigenvalue weighted by molar-refractivity contribution is -0.111. The molecule has 1 aromatic carbocycles. The van der Waals surface area contributed by atoms with E-state index in [4.69, 9.17) is 0 Å². The van der Waals surface area contributed by atoms with Crippen molar-refractivity contribution in [2.24, 2.45) is 0 Å². The number of hydrogen-bond donors (Lipinski definition) is 1. The molecule has 80 valence electrons. The van der Waals surface area contributed by atoms with Crippen LogP contribution in [0.5, 0.6) is 0 Å². The fourth-order valence-corrected chi connectivity index (χ4v) is 1.76. The third-order valence-corrected chi connectivity index (χ3v) is 2.52. The van der Waals surface area contributed by atoms with Crippen LogP contribution in [0.4, 0.5) is 0 Å². The molecule has 1 N–H and O–H groups in total. The lowest BCUT2D eigenvalue weighted by Gasteiger charge is -2.17. The van der Waals surface area contributed by atoms with Crippen LogP contribution in [0.3, 0.4) is 0 Å². The standard InChI is InChI=1S/C13H10O3/c1-7(2)10-11(14)8-5-3-4-6-9(8)12(15)13(10)16/h3-6,14H,1H2,2H3. The Bertz CT molecular complexity index is 550. The normalized spacial score (nSPS) is 15.1. The minimum atomic E-state index is -0.691. The molecule has 1 aliphatic carbocycles. The van der Waals surface area contributed by atoms with Gasteiger partial charge in [0, 0.05) is 11.1 Å². The summed E-state index contributed by atoms with van der Waals surface area (Å²) in [6, 6.07) is 6.50. The summed E-state index contributed by atoms with van der Waals surface area (Å²) in [5.41, 5.74) is 1.05. The van der Waals surface area contributed by atoms with Crippen LogP contribution in [0.25, 0.3) is 5.76 Å². The summed E-state index contributed by atoms with van der Waals surface area (Å²) >= 11 is 0. The number of aliphatic hydroxyl groups excluding tert-OH is 1. The number of allylic oxidation sites excluding steroid dienone is 2. The molecule has 0 radical (unpaired) electrons. The third kappa shape index (κ3) is 1.29. The van der Waals surface area contributed by atoms with Crippen molar-refractivity contribution in [1.82, 2.24) is 0 Å². The Balaban J connectivity index is 2.79. The number of carbonyl (C=O) groups is 2. The molecular formula is C13H10O3. The molecule has 3 heteroatoms. The number of fused-ring (bicyclic) bond motifs is 1. The molecule has 0 saturated carbocycles. The van der Waals surface area contributed by atoms with Gasteiger partial charge in [-0.3, -0.25) is 9.59 Å². The van der Waals surface area contributed by atoms with Crippen LogP contribution in [0.1, 0.15) is 22.8 Å². The minimum absolute atomic E-state index is 0.0173. The molecule has 0 fully saturated rings. The maximum Gasteiger partial charge on any atom is 0.237 e. The van der Waals surface area contributed by atoms with Gasteiger partial charge >= 0.3 is 0 Å². The van der Waals surface area contributed by atoms with Gasteiger partial charge in [0.2, 0.25) is 11.6 Å². The molecule has 16 heavy (non-hydrogen) atoms. The first-order valence-electron chi connectivity index (χ1n) is 4.81. The number of benzene rings is 1. The van der Waals surface area contributed by atoms with E-state index in [1.54, 1.807) is 25.1 Å². The highest BCUT2D eigenvalue weighted by Crippen LogP contribution is 2.30. The second-order valence-corrected chi connectivity index (χ2v) is 3.71. The molecule has 1 aliphatic rings. The third-order valence-electron chi connectivity index (χ3n) is 2.52. The molecule has 0 amide bonds. The summed E-state index contributed by atoms with van der Waals surface area (Å²) in [5.74, 6) is -1.44. The second kappa shape index (κ2) is 3.45. The van der Waals surface area contributed by atoms with Crippen molar-refractivity contribution in [2.75, 3.05) is 0 Å². The van der Waals surface area contributed by atoms with Crippen LogP contribution in [-0.4, -0.2) is 16.7 Å². The molecule has 0 heterocycles. The lowest BCUT2D eigenvalue weighted by atomic mass is 9.86. The predicted octanol–water partition coefficient (Wildman–Crippen LogP) is 2.30. The molecule has 0 saturated heterocycles. The summed E-state index contributed by atoms with van der Waals surface area (Å²) in [5, 5.41) is 9.93. The maximum atomic E-state index is 11.7. The topological polar surface area (TPSA) is 54.4 Å². The average Bonchev–Trinajstić information content (AvgIpc) is 2.26. The van der Waals surface area contributed by atoms with Gasteiger partial charge in [0.1, 0.15) is 5.76 Å². The Morgan fingerprint density at radius 3 is 2.25 bits per heavy atom. The van der Waals surface area contributed by atoms with Crippen LogP contribution in [0, 0.1) is 0 Å². The number of Topliss-reactive ketones (excluding diaryl/α,β-unsaturated/α-hetero) is 2. The quantitative estimate of drug-likeness (QED) is 0.730. The maximum absolute atomic E-state index is 11.7. The highest BCUT2D eigenvalue weighted by atomic mass is 16.3. The lowest BCUT2D eigenvalue weighted by Crippen LogP contribution is -2.24. The molecule has 1 aromatic rings. The number of carbonyl (C=O) groups excluding carboxylic acids is 2. The molecule has 0 unspecified atom stereocenters. The van der Waals surface area contributed by atoms with Gasteiger partial charge in [-0.05, 0) is 12.5 Å². The van der Waals surface area contributed by atoms with Gasteiger partial charge in [-0.2, -0.15) is 0 Å². The van der Waals surface area contributed by atoms with Crippen molar-refractivity contribution in [3.05, 3.63) is 53.1 Å². The van der Waals surface area contributed by atoms with Crippen molar-refractivity contribution in [2.45, 2.75) is 6.92 Å². The van der Waals surface area contributed by atoms with E-state index in [2.05, 4.69) is 6.58 Å².